The van der Waals surface area contributed by atoms with Gasteiger partial charge in [0.15, 0.2) is 11.0 Å². The molecule has 0 amide bonds. The van der Waals surface area contributed by atoms with Crippen molar-refractivity contribution in [2.75, 3.05) is 38.2 Å². The smallest absolute Gasteiger partial charge is 0.157 e. The number of hydrogen-bond acceptors (Lipinski definition) is 4. The van der Waals surface area contributed by atoms with Crippen LogP contribution in [0.4, 0.5) is 5.69 Å². The van der Waals surface area contributed by atoms with Crippen LogP contribution >= 0.6 is 15.9 Å². The van der Waals surface area contributed by atoms with Crippen LogP contribution in [0.2, 0.25) is 0 Å². The van der Waals surface area contributed by atoms with Crippen molar-refractivity contribution < 1.29 is 8.95 Å². The SMILES string of the molecule is CC.COc1ccc(S(=O)n2cc(C)c3ccc(Br)cc32)cc1N1CCNCC1. The maximum atomic E-state index is 13.4. The minimum absolute atomic E-state index is 0.765. The third-order valence-corrected chi connectivity index (χ3v) is 6.73. The maximum Gasteiger partial charge on any atom is 0.157 e. The van der Waals surface area contributed by atoms with Crippen molar-refractivity contribution in [3.05, 3.63) is 52.6 Å². The molecule has 1 fully saturated rings. The van der Waals surface area contributed by atoms with Crippen LogP contribution in [0.1, 0.15) is 19.4 Å². The summed E-state index contributed by atoms with van der Waals surface area (Å²) in [6.07, 6.45) is 1.96. The lowest BCUT2D eigenvalue weighted by Crippen LogP contribution is -2.43. The molecule has 5 nitrogen and oxygen atoms in total. The first kappa shape index (κ1) is 21.9. The molecule has 0 aliphatic carbocycles. The zero-order valence-corrected chi connectivity index (χ0v) is 19.8. The Labute approximate surface area is 183 Å². The summed E-state index contributed by atoms with van der Waals surface area (Å²) >= 11 is 3.52. The van der Waals surface area contributed by atoms with Crippen molar-refractivity contribution >= 4 is 43.5 Å². The lowest BCUT2D eigenvalue weighted by atomic mass is 10.2. The van der Waals surface area contributed by atoms with Crippen LogP contribution < -0.4 is 15.0 Å². The minimum atomic E-state index is -1.34. The van der Waals surface area contributed by atoms with Gasteiger partial charge >= 0.3 is 0 Å². The fourth-order valence-electron chi connectivity index (χ4n) is 3.52. The van der Waals surface area contributed by atoms with Gasteiger partial charge < -0.3 is 15.0 Å². The lowest BCUT2D eigenvalue weighted by Gasteiger charge is -2.30. The Morgan fingerprint density at radius 3 is 2.52 bits per heavy atom. The molecule has 1 aromatic heterocycles. The Kier molecular flexibility index (Phi) is 7.38. The average Bonchev–Trinajstić information content (AvgIpc) is 3.10. The van der Waals surface area contributed by atoms with E-state index in [-0.39, 0.29) is 0 Å². The van der Waals surface area contributed by atoms with E-state index in [0.717, 1.165) is 63.5 Å². The molecule has 2 aromatic carbocycles. The molecular formula is C22H28BrN3O2S. The molecule has 1 unspecified atom stereocenters. The highest BCUT2D eigenvalue weighted by atomic mass is 79.9. The number of methoxy groups -OCH3 is 1. The summed E-state index contributed by atoms with van der Waals surface area (Å²) in [5, 5.41) is 4.48. The number of rotatable bonds is 4. The number of nitrogens with zero attached hydrogens (tertiary/aromatic N) is 2. The molecule has 0 bridgehead atoms. The van der Waals surface area contributed by atoms with E-state index in [1.165, 1.54) is 0 Å². The Bertz CT molecular complexity index is 1010. The molecule has 0 radical (unpaired) electrons. The van der Waals surface area contributed by atoms with E-state index in [1.807, 2.05) is 61.3 Å². The number of halogens is 1. The van der Waals surface area contributed by atoms with Crippen LogP contribution in [0.15, 0.2) is 52.0 Å². The van der Waals surface area contributed by atoms with Crippen LogP contribution in [-0.2, 0) is 11.0 Å². The summed E-state index contributed by atoms with van der Waals surface area (Å²) < 4.78 is 21.8. The number of piperazine rings is 1. The van der Waals surface area contributed by atoms with Crippen molar-refractivity contribution in [1.82, 2.24) is 9.29 Å². The highest BCUT2D eigenvalue weighted by Gasteiger charge is 2.19. The second kappa shape index (κ2) is 9.78. The van der Waals surface area contributed by atoms with Crippen molar-refractivity contribution in [2.45, 2.75) is 25.7 Å². The minimum Gasteiger partial charge on any atom is -0.495 e. The van der Waals surface area contributed by atoms with Crippen LogP contribution in [0.25, 0.3) is 10.9 Å². The van der Waals surface area contributed by atoms with Crippen LogP contribution in [0.5, 0.6) is 5.75 Å². The summed E-state index contributed by atoms with van der Waals surface area (Å²) in [5.74, 6) is 0.814. The normalized spacial score (nSPS) is 15.0. The molecule has 2 heterocycles. The van der Waals surface area contributed by atoms with Crippen LogP contribution in [0, 0.1) is 6.92 Å². The van der Waals surface area contributed by atoms with Gasteiger partial charge in [-0.15, -0.1) is 0 Å². The Hall–Kier alpha value is -1.83. The second-order valence-corrected chi connectivity index (χ2v) is 8.90. The molecule has 0 saturated carbocycles. The highest BCUT2D eigenvalue weighted by molar-refractivity contribution is 9.10. The number of ether oxygens (including phenoxy) is 1. The van der Waals surface area contributed by atoms with Gasteiger partial charge in [0.2, 0.25) is 0 Å². The van der Waals surface area contributed by atoms with Gasteiger partial charge in [0, 0.05) is 42.2 Å². The molecule has 1 atom stereocenters. The zero-order chi connectivity index (χ0) is 21.0. The van der Waals surface area contributed by atoms with E-state index < -0.39 is 11.0 Å². The first-order chi connectivity index (χ1) is 14.1. The van der Waals surface area contributed by atoms with Gasteiger partial charge in [-0.05, 0) is 42.8 Å². The van der Waals surface area contributed by atoms with E-state index >= 15 is 0 Å². The van der Waals surface area contributed by atoms with Gasteiger partial charge in [-0.3, -0.25) is 3.97 Å². The van der Waals surface area contributed by atoms with Crippen molar-refractivity contribution in [3.8, 4) is 5.75 Å². The van der Waals surface area contributed by atoms with E-state index in [2.05, 4.69) is 32.2 Å². The van der Waals surface area contributed by atoms with Crippen LogP contribution in [-0.4, -0.2) is 41.5 Å². The standard InChI is InChI=1S/C20H22BrN3O2S.C2H6/c1-14-13-24(18-11-15(21)3-5-17(14)18)27(25)16-4-6-20(26-2)19(12-16)23-9-7-22-8-10-23;1-2/h3-6,11-13,22H,7-10H2,1-2H3;1-2H3. The Morgan fingerprint density at radius 2 is 1.83 bits per heavy atom. The molecule has 29 heavy (non-hydrogen) atoms. The number of fused-ring (bicyclic) bond motifs is 1. The quantitative estimate of drug-likeness (QED) is 0.589. The predicted molar refractivity (Wildman–Crippen MR) is 126 cm³/mol. The summed E-state index contributed by atoms with van der Waals surface area (Å²) in [4.78, 5) is 3.05. The van der Waals surface area contributed by atoms with Gasteiger partial charge in [0.05, 0.1) is 23.2 Å². The lowest BCUT2D eigenvalue weighted by molar-refractivity contribution is 0.412. The third kappa shape index (κ3) is 4.52. The molecule has 3 aromatic rings. The molecular weight excluding hydrogens is 450 g/mol. The van der Waals surface area contributed by atoms with E-state index in [9.17, 15) is 4.21 Å². The monoisotopic (exact) mass is 477 g/mol. The predicted octanol–water partition coefficient (Wildman–Crippen LogP) is 4.73. The number of aromatic nitrogens is 1. The molecule has 156 valence electrons. The summed E-state index contributed by atoms with van der Waals surface area (Å²) in [5.41, 5.74) is 3.07. The summed E-state index contributed by atoms with van der Waals surface area (Å²) in [7, 11) is 0.343. The summed E-state index contributed by atoms with van der Waals surface area (Å²) in [6, 6.07) is 11.9. The molecule has 1 aliphatic rings. The second-order valence-electron chi connectivity index (χ2n) is 6.62. The topological polar surface area (TPSA) is 46.5 Å². The van der Waals surface area contributed by atoms with Gasteiger partial charge in [0.25, 0.3) is 0 Å². The fourth-order valence-corrected chi connectivity index (χ4v) is 5.07. The zero-order valence-electron chi connectivity index (χ0n) is 17.4. The fraction of sp³-hybridized carbons (Fsp3) is 0.364. The van der Waals surface area contributed by atoms with Gasteiger partial charge in [-0.1, -0.05) is 35.8 Å². The Morgan fingerprint density at radius 1 is 1.10 bits per heavy atom. The van der Waals surface area contributed by atoms with Crippen molar-refractivity contribution in [1.29, 1.82) is 0 Å². The summed E-state index contributed by atoms with van der Waals surface area (Å²) in [6.45, 7) is 9.73. The number of aryl methyl sites for hydroxylation is 1. The number of nitrogens with one attached hydrogen (secondary N) is 1. The van der Waals surface area contributed by atoms with E-state index in [1.54, 1.807) is 7.11 Å². The van der Waals surface area contributed by atoms with Crippen molar-refractivity contribution in [3.63, 3.8) is 0 Å². The van der Waals surface area contributed by atoms with Gasteiger partial charge in [-0.2, -0.15) is 0 Å². The van der Waals surface area contributed by atoms with E-state index in [0.29, 0.717) is 0 Å². The largest absolute Gasteiger partial charge is 0.495 e. The van der Waals surface area contributed by atoms with Gasteiger partial charge in [0.1, 0.15) is 5.75 Å². The molecule has 7 heteroatoms. The number of anilines is 1. The molecule has 1 N–H and O–H groups in total. The molecule has 4 rings (SSSR count). The highest BCUT2D eigenvalue weighted by Crippen LogP contribution is 2.32. The Balaban J connectivity index is 0.00000117. The molecule has 1 saturated heterocycles. The van der Waals surface area contributed by atoms with Crippen LogP contribution in [0.3, 0.4) is 0 Å². The first-order valence-corrected chi connectivity index (χ1v) is 11.8. The molecule has 1 aliphatic heterocycles. The van der Waals surface area contributed by atoms with E-state index in [4.69, 9.17) is 4.74 Å². The first-order valence-electron chi connectivity index (χ1n) is 9.91. The van der Waals surface area contributed by atoms with Crippen molar-refractivity contribution in [2.24, 2.45) is 0 Å². The maximum absolute atomic E-state index is 13.4. The molecule has 0 spiro atoms. The number of benzene rings is 2. The number of hydrogen-bond donors (Lipinski definition) is 1. The van der Waals surface area contributed by atoms with Gasteiger partial charge in [-0.25, -0.2) is 4.21 Å². The third-order valence-electron chi connectivity index (χ3n) is 4.92. The average molecular weight is 478 g/mol.